The first-order valence-electron chi connectivity index (χ1n) is 10.8. The van der Waals surface area contributed by atoms with Gasteiger partial charge in [-0.25, -0.2) is 4.39 Å². The number of rotatable bonds is 2. The molecule has 0 bridgehead atoms. The van der Waals surface area contributed by atoms with Crippen LogP contribution in [0.3, 0.4) is 0 Å². The molecule has 5 rings (SSSR count). The second kappa shape index (κ2) is 6.90. The van der Waals surface area contributed by atoms with Crippen LogP contribution >= 0.6 is 0 Å². The van der Waals surface area contributed by atoms with E-state index in [1.165, 1.54) is 5.56 Å². The Bertz CT molecular complexity index is 1090. The first-order valence-corrected chi connectivity index (χ1v) is 10.8. The molecule has 2 fully saturated rings. The molecule has 4 heteroatoms. The van der Waals surface area contributed by atoms with E-state index in [1.54, 1.807) is 30.3 Å². The van der Waals surface area contributed by atoms with Crippen molar-refractivity contribution < 1.29 is 14.0 Å². The maximum absolute atomic E-state index is 13.7. The number of amides is 1. The summed E-state index contributed by atoms with van der Waals surface area (Å²) in [5.41, 5.74) is 9.66. The molecule has 3 aliphatic rings. The van der Waals surface area contributed by atoms with Gasteiger partial charge >= 0.3 is 0 Å². The van der Waals surface area contributed by atoms with Crippen molar-refractivity contribution in [2.75, 3.05) is 0 Å². The summed E-state index contributed by atoms with van der Waals surface area (Å²) >= 11 is 0. The summed E-state index contributed by atoms with van der Waals surface area (Å²) in [5, 5.41) is 0. The molecule has 0 spiro atoms. The predicted molar refractivity (Wildman–Crippen MR) is 114 cm³/mol. The number of fused-ring (bicyclic) bond motifs is 5. The highest BCUT2D eigenvalue weighted by atomic mass is 19.1. The summed E-state index contributed by atoms with van der Waals surface area (Å²) in [6, 6.07) is 12.4. The molecule has 1 amide bonds. The van der Waals surface area contributed by atoms with Crippen molar-refractivity contribution in [3.05, 3.63) is 76.1 Å². The number of halogens is 1. The number of allylic oxidation sites excluding steroid dienone is 1. The quantitative estimate of drug-likeness (QED) is 0.714. The van der Waals surface area contributed by atoms with E-state index >= 15 is 0 Å². The molecule has 3 aliphatic carbocycles. The first kappa shape index (κ1) is 19.2. The van der Waals surface area contributed by atoms with Crippen LogP contribution in [-0.2, 0) is 11.2 Å². The number of carbonyl (C=O) groups excluding carboxylic acids is 2. The molecule has 3 nitrogen and oxygen atoms in total. The molecule has 0 aliphatic heterocycles. The third-order valence-electron chi connectivity index (χ3n) is 7.84. The van der Waals surface area contributed by atoms with Gasteiger partial charge in [0.15, 0.2) is 5.78 Å². The average molecular weight is 403 g/mol. The topological polar surface area (TPSA) is 60.2 Å². The molecule has 0 aromatic heterocycles. The maximum Gasteiger partial charge on any atom is 0.248 e. The minimum atomic E-state index is -0.464. The Labute approximate surface area is 176 Å². The molecular formula is C26H26FNO2. The van der Waals surface area contributed by atoms with Gasteiger partial charge in [-0.05, 0) is 102 Å². The fourth-order valence-corrected chi connectivity index (χ4v) is 6.33. The minimum Gasteiger partial charge on any atom is -0.366 e. The standard InChI is InChI=1S/C26H26FNO2/c1-26-10-9-21-20-8-6-19(27)13-16(20)5-7-22(21)23(26)14-18(24(26)29)12-15-3-2-4-17(11-15)25(28)30/h2-4,6,8,11-13,21-23H,5,7,9-10,14H2,1H3,(H2,28,30)/t21-,22-,23+,26+/m1/s1. The van der Waals surface area contributed by atoms with Crippen LogP contribution in [0, 0.1) is 23.1 Å². The SMILES string of the molecule is C[C@]12CC[C@@H]3c4ccc(F)cc4CC[C@H]3[C@@H]1CC(=Cc1cccc(C(N)=O)c1)C2=O. The lowest BCUT2D eigenvalue weighted by Gasteiger charge is -2.48. The molecule has 2 aromatic carbocycles. The van der Waals surface area contributed by atoms with Crippen LogP contribution in [-0.4, -0.2) is 11.7 Å². The minimum absolute atomic E-state index is 0.160. The lowest BCUT2D eigenvalue weighted by molar-refractivity contribution is -0.127. The van der Waals surface area contributed by atoms with Gasteiger partial charge < -0.3 is 5.73 Å². The Morgan fingerprint density at radius 3 is 2.83 bits per heavy atom. The van der Waals surface area contributed by atoms with E-state index in [1.807, 2.05) is 18.2 Å². The number of primary amides is 1. The van der Waals surface area contributed by atoms with Gasteiger partial charge in [0, 0.05) is 11.0 Å². The zero-order valence-electron chi connectivity index (χ0n) is 17.2. The zero-order valence-corrected chi connectivity index (χ0v) is 17.2. The number of Topliss-reactive ketones (excluding diaryl/α,β-unsaturated/α-hetero) is 1. The molecule has 2 N–H and O–H groups in total. The molecule has 0 radical (unpaired) electrons. The summed E-state index contributed by atoms with van der Waals surface area (Å²) in [5.74, 6) is 0.806. The second-order valence-electron chi connectivity index (χ2n) is 9.41. The van der Waals surface area contributed by atoms with E-state index in [0.29, 0.717) is 23.3 Å². The third-order valence-corrected chi connectivity index (χ3v) is 7.84. The number of nitrogens with two attached hydrogens (primary N) is 1. The van der Waals surface area contributed by atoms with Crippen LogP contribution in [0.1, 0.15) is 65.6 Å². The highest BCUT2D eigenvalue weighted by Gasteiger charge is 2.56. The monoisotopic (exact) mass is 403 g/mol. The number of benzene rings is 2. The van der Waals surface area contributed by atoms with E-state index in [0.717, 1.165) is 48.8 Å². The van der Waals surface area contributed by atoms with Gasteiger partial charge in [-0.15, -0.1) is 0 Å². The van der Waals surface area contributed by atoms with Crippen LogP contribution in [0.2, 0.25) is 0 Å². The highest BCUT2D eigenvalue weighted by molar-refractivity contribution is 6.06. The van der Waals surface area contributed by atoms with Gasteiger partial charge in [-0.3, -0.25) is 9.59 Å². The van der Waals surface area contributed by atoms with Crippen molar-refractivity contribution in [1.29, 1.82) is 0 Å². The van der Waals surface area contributed by atoms with Crippen molar-refractivity contribution in [3.8, 4) is 0 Å². The normalized spacial score (nSPS) is 31.2. The lowest BCUT2D eigenvalue weighted by atomic mass is 9.55. The summed E-state index contributed by atoms with van der Waals surface area (Å²) in [7, 11) is 0. The highest BCUT2D eigenvalue weighted by Crippen LogP contribution is 2.60. The van der Waals surface area contributed by atoms with E-state index in [2.05, 4.69) is 6.92 Å². The van der Waals surface area contributed by atoms with Crippen molar-refractivity contribution in [2.24, 2.45) is 23.0 Å². The Hall–Kier alpha value is -2.75. The number of aryl methyl sites for hydroxylation is 1. The Morgan fingerprint density at radius 1 is 1.20 bits per heavy atom. The van der Waals surface area contributed by atoms with E-state index < -0.39 is 5.91 Å². The average Bonchev–Trinajstić information content (AvgIpc) is 2.98. The molecule has 2 saturated carbocycles. The molecular weight excluding hydrogens is 377 g/mol. The summed E-state index contributed by atoms with van der Waals surface area (Å²) in [4.78, 5) is 24.9. The third kappa shape index (κ3) is 2.92. The van der Waals surface area contributed by atoms with Crippen LogP contribution in [0.25, 0.3) is 6.08 Å². The van der Waals surface area contributed by atoms with Gasteiger partial charge in [-0.2, -0.15) is 0 Å². The largest absolute Gasteiger partial charge is 0.366 e. The van der Waals surface area contributed by atoms with Gasteiger partial charge in [0.2, 0.25) is 5.91 Å². The van der Waals surface area contributed by atoms with Crippen molar-refractivity contribution in [1.82, 2.24) is 0 Å². The summed E-state index contributed by atoms with van der Waals surface area (Å²) < 4.78 is 13.7. The van der Waals surface area contributed by atoms with Crippen LogP contribution in [0.15, 0.2) is 48.0 Å². The Morgan fingerprint density at radius 2 is 2.03 bits per heavy atom. The molecule has 2 aromatic rings. The number of ketones is 1. The molecule has 0 saturated heterocycles. The molecule has 154 valence electrons. The van der Waals surface area contributed by atoms with Crippen molar-refractivity contribution >= 4 is 17.8 Å². The van der Waals surface area contributed by atoms with Crippen molar-refractivity contribution in [2.45, 2.75) is 44.9 Å². The maximum atomic E-state index is 13.7. The van der Waals surface area contributed by atoms with E-state index in [-0.39, 0.29) is 17.0 Å². The number of hydrogen-bond donors (Lipinski definition) is 1. The predicted octanol–water partition coefficient (Wildman–Crippen LogP) is 5.04. The lowest BCUT2D eigenvalue weighted by Crippen LogP contribution is -2.42. The summed E-state index contributed by atoms with van der Waals surface area (Å²) in [6.07, 6.45) is 6.46. The van der Waals surface area contributed by atoms with Crippen LogP contribution in [0.5, 0.6) is 0 Å². The van der Waals surface area contributed by atoms with Gasteiger partial charge in [0.25, 0.3) is 0 Å². The number of carbonyl (C=O) groups is 2. The van der Waals surface area contributed by atoms with Crippen LogP contribution in [0.4, 0.5) is 4.39 Å². The Balaban J connectivity index is 1.48. The Kier molecular flexibility index (Phi) is 4.42. The number of hydrogen-bond acceptors (Lipinski definition) is 2. The smallest absolute Gasteiger partial charge is 0.248 e. The van der Waals surface area contributed by atoms with Crippen molar-refractivity contribution in [3.63, 3.8) is 0 Å². The van der Waals surface area contributed by atoms with Gasteiger partial charge in [-0.1, -0.05) is 25.1 Å². The second-order valence-corrected chi connectivity index (χ2v) is 9.41. The zero-order chi connectivity index (χ0) is 21.0. The van der Waals surface area contributed by atoms with E-state index in [9.17, 15) is 14.0 Å². The van der Waals surface area contributed by atoms with Gasteiger partial charge in [0.1, 0.15) is 5.82 Å². The fraction of sp³-hybridized carbons (Fsp3) is 0.385. The van der Waals surface area contributed by atoms with Crippen LogP contribution < -0.4 is 5.73 Å². The molecule has 0 heterocycles. The summed E-state index contributed by atoms with van der Waals surface area (Å²) in [6.45, 7) is 2.14. The van der Waals surface area contributed by atoms with Gasteiger partial charge in [0.05, 0.1) is 0 Å². The molecule has 0 unspecified atom stereocenters. The fourth-order valence-electron chi connectivity index (χ4n) is 6.33. The van der Waals surface area contributed by atoms with E-state index in [4.69, 9.17) is 5.73 Å². The molecule has 30 heavy (non-hydrogen) atoms. The first-order chi connectivity index (χ1) is 14.4. The molecule has 4 atom stereocenters.